The van der Waals surface area contributed by atoms with Gasteiger partial charge in [-0.3, -0.25) is 9.59 Å². The molecule has 0 saturated heterocycles. The van der Waals surface area contributed by atoms with Crippen molar-refractivity contribution >= 4 is 50.4 Å². The maximum atomic E-state index is 13.0. The van der Waals surface area contributed by atoms with Gasteiger partial charge in [0.15, 0.2) is 15.6 Å². The Hall–Kier alpha value is -2.67. The van der Waals surface area contributed by atoms with Gasteiger partial charge in [-0.25, -0.2) is 8.42 Å². The fourth-order valence-electron chi connectivity index (χ4n) is 2.98. The van der Waals surface area contributed by atoms with E-state index in [-0.39, 0.29) is 51.1 Å². The van der Waals surface area contributed by atoms with Crippen LogP contribution in [0.3, 0.4) is 0 Å². The molecule has 160 valence electrons. The van der Waals surface area contributed by atoms with Gasteiger partial charge in [0, 0.05) is 22.6 Å². The van der Waals surface area contributed by atoms with Crippen molar-refractivity contribution in [1.82, 2.24) is 0 Å². The number of anilines is 1. The van der Waals surface area contributed by atoms with Crippen molar-refractivity contribution in [3.05, 3.63) is 94.0 Å². The summed E-state index contributed by atoms with van der Waals surface area (Å²) in [5.74, 6) is -0.940. The molecule has 3 rings (SSSR count). The SMILES string of the molecule is O=C(CCCS(=O)(=O)c1ccccc1)Nc1ccc(Cl)cc1C(=O)c1ccccc1Cl. The van der Waals surface area contributed by atoms with Gasteiger partial charge in [-0.05, 0) is 48.9 Å². The summed E-state index contributed by atoms with van der Waals surface area (Å²) in [4.78, 5) is 25.6. The number of ketones is 1. The highest BCUT2D eigenvalue weighted by molar-refractivity contribution is 7.91. The number of carbonyl (C=O) groups excluding carboxylic acids is 2. The summed E-state index contributed by atoms with van der Waals surface area (Å²) in [7, 11) is -3.46. The van der Waals surface area contributed by atoms with Crippen molar-refractivity contribution in [3.63, 3.8) is 0 Å². The van der Waals surface area contributed by atoms with Gasteiger partial charge >= 0.3 is 0 Å². The lowest BCUT2D eigenvalue weighted by molar-refractivity contribution is -0.116. The van der Waals surface area contributed by atoms with E-state index in [2.05, 4.69) is 5.32 Å². The van der Waals surface area contributed by atoms with Crippen LogP contribution >= 0.6 is 23.2 Å². The molecular weight excluding hydrogens is 457 g/mol. The number of hydrogen-bond donors (Lipinski definition) is 1. The minimum absolute atomic E-state index is 0.0194. The third-order valence-electron chi connectivity index (χ3n) is 4.54. The van der Waals surface area contributed by atoms with Crippen LogP contribution in [-0.2, 0) is 14.6 Å². The van der Waals surface area contributed by atoms with Gasteiger partial charge in [0.1, 0.15) is 0 Å². The van der Waals surface area contributed by atoms with Gasteiger partial charge in [0.2, 0.25) is 5.91 Å². The molecule has 3 aromatic rings. The third kappa shape index (κ3) is 5.94. The minimum Gasteiger partial charge on any atom is -0.325 e. The molecule has 31 heavy (non-hydrogen) atoms. The summed E-state index contributed by atoms with van der Waals surface area (Å²) in [6.45, 7) is 0. The van der Waals surface area contributed by atoms with Gasteiger partial charge in [-0.1, -0.05) is 53.5 Å². The van der Waals surface area contributed by atoms with Gasteiger partial charge in [-0.2, -0.15) is 0 Å². The smallest absolute Gasteiger partial charge is 0.224 e. The van der Waals surface area contributed by atoms with Crippen LogP contribution in [0.25, 0.3) is 0 Å². The van der Waals surface area contributed by atoms with Crippen LogP contribution in [0.2, 0.25) is 10.0 Å². The van der Waals surface area contributed by atoms with Crippen molar-refractivity contribution in [1.29, 1.82) is 0 Å². The first-order valence-corrected chi connectivity index (χ1v) is 11.9. The van der Waals surface area contributed by atoms with E-state index in [0.717, 1.165) is 0 Å². The standard InChI is InChI=1S/C23H19Cl2NO4S/c24-16-12-13-21(19(15-16)23(28)18-9-4-5-10-20(18)25)26-22(27)11-6-14-31(29,30)17-7-2-1-3-8-17/h1-5,7-10,12-13,15H,6,11,14H2,(H,26,27). The lowest BCUT2D eigenvalue weighted by Crippen LogP contribution is -2.16. The summed E-state index contributed by atoms with van der Waals surface area (Å²) >= 11 is 12.2. The first-order chi connectivity index (χ1) is 14.8. The van der Waals surface area contributed by atoms with E-state index in [1.54, 1.807) is 48.5 Å². The number of nitrogens with one attached hydrogen (secondary N) is 1. The number of benzene rings is 3. The molecule has 0 aliphatic heterocycles. The molecule has 0 heterocycles. The monoisotopic (exact) mass is 475 g/mol. The van der Waals surface area contributed by atoms with E-state index in [1.807, 2.05) is 0 Å². The number of hydrogen-bond acceptors (Lipinski definition) is 4. The highest BCUT2D eigenvalue weighted by Gasteiger charge is 2.19. The fourth-order valence-corrected chi connectivity index (χ4v) is 4.71. The largest absolute Gasteiger partial charge is 0.325 e. The predicted octanol–water partition coefficient (Wildman–Crippen LogP) is 5.42. The van der Waals surface area contributed by atoms with E-state index >= 15 is 0 Å². The minimum atomic E-state index is -3.46. The molecule has 8 heteroatoms. The Balaban J connectivity index is 1.69. The van der Waals surface area contributed by atoms with Gasteiger partial charge < -0.3 is 5.32 Å². The lowest BCUT2D eigenvalue weighted by atomic mass is 10.0. The molecule has 3 aromatic carbocycles. The number of amides is 1. The zero-order chi connectivity index (χ0) is 22.4. The second kappa shape index (κ2) is 10.1. The molecular formula is C23H19Cl2NO4S. The van der Waals surface area contributed by atoms with Crippen LogP contribution in [0.5, 0.6) is 0 Å². The average molecular weight is 476 g/mol. The molecule has 0 bridgehead atoms. The van der Waals surface area contributed by atoms with Gasteiger partial charge in [0.05, 0.1) is 21.4 Å². The molecule has 0 aliphatic carbocycles. The van der Waals surface area contributed by atoms with Crippen LogP contribution < -0.4 is 5.32 Å². The molecule has 0 unspecified atom stereocenters. The zero-order valence-corrected chi connectivity index (χ0v) is 18.7. The van der Waals surface area contributed by atoms with Crippen molar-refractivity contribution in [2.24, 2.45) is 0 Å². The fraction of sp³-hybridized carbons (Fsp3) is 0.130. The molecule has 0 radical (unpaired) electrons. The lowest BCUT2D eigenvalue weighted by Gasteiger charge is -2.12. The van der Waals surface area contributed by atoms with E-state index in [4.69, 9.17) is 23.2 Å². The molecule has 1 N–H and O–H groups in total. The molecule has 0 fully saturated rings. The van der Waals surface area contributed by atoms with Crippen LogP contribution in [0, 0.1) is 0 Å². The molecule has 5 nitrogen and oxygen atoms in total. The third-order valence-corrected chi connectivity index (χ3v) is 6.92. The van der Waals surface area contributed by atoms with Crippen molar-refractivity contribution in [3.8, 4) is 0 Å². The van der Waals surface area contributed by atoms with E-state index in [0.29, 0.717) is 5.02 Å². The first-order valence-electron chi connectivity index (χ1n) is 9.44. The van der Waals surface area contributed by atoms with E-state index in [9.17, 15) is 18.0 Å². The molecule has 1 amide bonds. The van der Waals surface area contributed by atoms with Crippen LogP contribution in [0.1, 0.15) is 28.8 Å². The summed E-state index contributed by atoms with van der Waals surface area (Å²) in [5, 5.41) is 3.30. The molecule has 0 aliphatic rings. The Bertz CT molecular complexity index is 1210. The number of carbonyl (C=O) groups is 2. The topological polar surface area (TPSA) is 80.3 Å². The molecule has 0 saturated carbocycles. The highest BCUT2D eigenvalue weighted by Crippen LogP contribution is 2.27. The molecule has 0 spiro atoms. The number of rotatable bonds is 8. The Labute approximate surface area is 190 Å². The Morgan fingerprint density at radius 3 is 2.23 bits per heavy atom. The van der Waals surface area contributed by atoms with E-state index < -0.39 is 15.7 Å². The zero-order valence-electron chi connectivity index (χ0n) is 16.3. The van der Waals surface area contributed by atoms with Crippen LogP contribution in [0.15, 0.2) is 77.7 Å². The van der Waals surface area contributed by atoms with E-state index in [1.165, 1.54) is 24.3 Å². The van der Waals surface area contributed by atoms with Crippen molar-refractivity contribution < 1.29 is 18.0 Å². The van der Waals surface area contributed by atoms with Gasteiger partial charge in [0.25, 0.3) is 0 Å². The predicted molar refractivity (Wildman–Crippen MR) is 123 cm³/mol. The van der Waals surface area contributed by atoms with Crippen LogP contribution in [-0.4, -0.2) is 25.9 Å². The summed E-state index contributed by atoms with van der Waals surface area (Å²) in [6.07, 6.45) is 0.124. The second-order valence-corrected chi connectivity index (χ2v) is 9.74. The maximum absolute atomic E-state index is 13.0. The van der Waals surface area contributed by atoms with Crippen molar-refractivity contribution in [2.75, 3.05) is 11.1 Å². The average Bonchev–Trinajstić information content (AvgIpc) is 2.75. The van der Waals surface area contributed by atoms with Gasteiger partial charge in [-0.15, -0.1) is 0 Å². The quantitative estimate of drug-likeness (QED) is 0.441. The first kappa shape index (κ1) is 23.0. The summed E-state index contributed by atoms with van der Waals surface area (Å²) in [6, 6.07) is 19.2. The van der Waals surface area contributed by atoms with Crippen LogP contribution in [0.4, 0.5) is 5.69 Å². The Morgan fingerprint density at radius 2 is 1.52 bits per heavy atom. The van der Waals surface area contributed by atoms with Crippen molar-refractivity contribution in [2.45, 2.75) is 17.7 Å². The maximum Gasteiger partial charge on any atom is 0.224 e. The highest BCUT2D eigenvalue weighted by atomic mass is 35.5. The molecule has 0 atom stereocenters. The summed E-state index contributed by atoms with van der Waals surface area (Å²) in [5.41, 5.74) is 0.770. The number of sulfone groups is 1. The number of halogens is 2. The molecule has 0 aromatic heterocycles. The Morgan fingerprint density at radius 1 is 0.839 bits per heavy atom. The Kier molecular flexibility index (Phi) is 7.49. The normalized spacial score (nSPS) is 11.2. The summed E-state index contributed by atoms with van der Waals surface area (Å²) < 4.78 is 24.7. The second-order valence-electron chi connectivity index (χ2n) is 6.78.